The molecule has 0 amide bonds. The van der Waals surface area contributed by atoms with Crippen LogP contribution in [0.2, 0.25) is 0 Å². The minimum absolute atomic E-state index is 0.163. The Morgan fingerprint density at radius 2 is 0.779 bits per heavy atom. The second-order valence-electron chi connectivity index (χ2n) is 17.7. The van der Waals surface area contributed by atoms with E-state index in [4.69, 9.17) is 0 Å². The molecule has 1 aromatic heterocycles. The normalized spacial score (nSPS) is 14.8. The quantitative estimate of drug-likeness (QED) is 0.148. The number of fused-ring (bicyclic) bond motifs is 6. The Balaban J connectivity index is 1.13. The first-order valence-electron chi connectivity index (χ1n) is 23.5. The van der Waals surface area contributed by atoms with E-state index in [0.29, 0.717) is 0 Å². The van der Waals surface area contributed by atoms with Crippen molar-refractivity contribution in [3.05, 3.63) is 273 Å². The molecule has 11 aromatic rings. The van der Waals surface area contributed by atoms with Gasteiger partial charge in [0.2, 0.25) is 0 Å². The van der Waals surface area contributed by atoms with Gasteiger partial charge in [-0.25, -0.2) is 0 Å². The summed E-state index contributed by atoms with van der Waals surface area (Å²) in [5, 5.41) is 2.49. The van der Waals surface area contributed by atoms with Gasteiger partial charge in [0.1, 0.15) is 0 Å². The fourth-order valence-corrected chi connectivity index (χ4v) is 11.1. The predicted molar refractivity (Wildman–Crippen MR) is 284 cm³/mol. The number of benzene rings is 9. The lowest BCUT2D eigenvalue weighted by Gasteiger charge is -2.29. The van der Waals surface area contributed by atoms with Crippen LogP contribution in [0.4, 0.5) is 11.4 Å². The molecule has 0 fully saturated rings. The van der Waals surface area contributed by atoms with Crippen molar-refractivity contribution in [3.63, 3.8) is 0 Å². The second kappa shape index (κ2) is 16.5. The lowest BCUT2D eigenvalue weighted by molar-refractivity contribution is 0.745. The topological polar surface area (TPSA) is 8.17 Å². The number of para-hydroxylation sites is 3. The Morgan fingerprint density at radius 3 is 1.29 bits per heavy atom. The fourth-order valence-electron chi connectivity index (χ4n) is 11.1. The summed E-state index contributed by atoms with van der Waals surface area (Å²) >= 11 is 0. The summed E-state index contributed by atoms with van der Waals surface area (Å²) < 4.78 is 2.40. The highest BCUT2D eigenvalue weighted by atomic mass is 15.2. The Morgan fingerprint density at radius 1 is 0.338 bits per heavy atom. The Hall–Kier alpha value is -8.90. The van der Waals surface area contributed by atoms with Gasteiger partial charge in [-0.2, -0.15) is 0 Å². The van der Waals surface area contributed by atoms with Crippen molar-refractivity contribution in [2.45, 2.75) is 12.0 Å². The van der Waals surface area contributed by atoms with Crippen LogP contribution in [0.15, 0.2) is 255 Å². The minimum atomic E-state index is 0.163. The minimum Gasteiger partial charge on any atom is -0.326 e. The summed E-state index contributed by atoms with van der Waals surface area (Å²) in [7, 11) is 0. The molecule has 0 saturated carbocycles. The van der Waals surface area contributed by atoms with Crippen LogP contribution in [0.3, 0.4) is 0 Å². The van der Waals surface area contributed by atoms with Crippen molar-refractivity contribution in [2.75, 3.05) is 4.90 Å². The van der Waals surface area contributed by atoms with Gasteiger partial charge in [0.05, 0.1) is 22.8 Å². The van der Waals surface area contributed by atoms with Crippen LogP contribution in [-0.2, 0) is 0 Å². The molecule has 0 radical (unpaired) electrons. The van der Waals surface area contributed by atoms with Gasteiger partial charge in [0, 0.05) is 39.2 Å². The van der Waals surface area contributed by atoms with Crippen LogP contribution in [-0.4, -0.2) is 10.6 Å². The summed E-state index contributed by atoms with van der Waals surface area (Å²) in [5.41, 5.74) is 20.7. The smallest absolute Gasteiger partial charge is 0.0934 e. The van der Waals surface area contributed by atoms with E-state index in [2.05, 4.69) is 276 Å². The molecule has 0 bridgehead atoms. The molecule has 1 aliphatic carbocycles. The number of anilines is 2. The van der Waals surface area contributed by atoms with Crippen LogP contribution in [0.5, 0.6) is 0 Å². The lowest BCUT2D eigenvalue weighted by atomic mass is 9.74. The van der Waals surface area contributed by atoms with Gasteiger partial charge < -0.3 is 9.47 Å². The average molecular weight is 865 g/mol. The number of rotatable bonds is 8. The fraction of sp³-hybridized carbons (Fsp3) is 0.0303. The Kier molecular flexibility index (Phi) is 9.58. The molecule has 2 nitrogen and oxygen atoms in total. The van der Waals surface area contributed by atoms with E-state index in [-0.39, 0.29) is 12.0 Å². The maximum Gasteiger partial charge on any atom is 0.0934 e. The van der Waals surface area contributed by atoms with Gasteiger partial charge in [-0.3, -0.25) is 0 Å². The maximum absolute atomic E-state index is 3.85. The van der Waals surface area contributed by atoms with E-state index in [1.165, 1.54) is 49.7 Å². The first-order chi connectivity index (χ1) is 33.8. The van der Waals surface area contributed by atoms with Gasteiger partial charge in [-0.15, -0.1) is 0 Å². The SMILES string of the molecule is c1c(-c2c(-c3ccccc3)c(-c3ccccc3)c(-c3ccccc3)c(-c3ccccc3)c2-c2ccc(-n3c4ccccc4c4ccccc43)cc2)ccc(N2c3ccccc3C3C=CC=CC32)c#1. The third kappa shape index (κ3) is 6.44. The van der Waals surface area contributed by atoms with Gasteiger partial charge in [-0.1, -0.05) is 218 Å². The van der Waals surface area contributed by atoms with Crippen molar-refractivity contribution in [3.8, 4) is 72.4 Å². The number of allylic oxidation sites excluding steroid dienone is 2. The molecule has 10 aromatic carbocycles. The molecule has 2 heteroatoms. The summed E-state index contributed by atoms with van der Waals surface area (Å²) in [4.78, 5) is 2.44. The predicted octanol–water partition coefficient (Wildman–Crippen LogP) is 17.1. The van der Waals surface area contributed by atoms with Crippen molar-refractivity contribution < 1.29 is 0 Å². The summed E-state index contributed by atoms with van der Waals surface area (Å²) in [5.74, 6) is 0.276. The third-order valence-electron chi connectivity index (χ3n) is 14.0. The zero-order valence-electron chi connectivity index (χ0n) is 37.3. The highest BCUT2D eigenvalue weighted by molar-refractivity contribution is 6.15. The first kappa shape index (κ1) is 39.5. The second-order valence-corrected chi connectivity index (χ2v) is 17.7. The Bertz CT molecular complexity index is 3640. The largest absolute Gasteiger partial charge is 0.326 e. The summed E-state index contributed by atoms with van der Waals surface area (Å²) in [6.45, 7) is 0. The highest BCUT2D eigenvalue weighted by Crippen LogP contribution is 2.56. The zero-order chi connectivity index (χ0) is 45.0. The van der Waals surface area contributed by atoms with E-state index >= 15 is 0 Å². The number of aromatic nitrogens is 1. The molecule has 0 saturated heterocycles. The van der Waals surface area contributed by atoms with Crippen LogP contribution in [0.25, 0.3) is 94.3 Å². The van der Waals surface area contributed by atoms with Crippen LogP contribution in [0, 0.1) is 12.1 Å². The van der Waals surface area contributed by atoms with Crippen molar-refractivity contribution in [1.29, 1.82) is 0 Å². The van der Waals surface area contributed by atoms with Gasteiger partial charge in [0.15, 0.2) is 0 Å². The summed E-state index contributed by atoms with van der Waals surface area (Å²) in [6.07, 6.45) is 9.00. The monoisotopic (exact) mass is 864 g/mol. The summed E-state index contributed by atoms with van der Waals surface area (Å²) in [6, 6.07) is 91.7. The van der Waals surface area contributed by atoms with Crippen LogP contribution in [0.1, 0.15) is 11.5 Å². The number of hydrogen-bond acceptors (Lipinski definition) is 1. The van der Waals surface area contributed by atoms with E-state index < -0.39 is 0 Å². The molecular formula is C66H44N2. The van der Waals surface area contributed by atoms with E-state index in [1.807, 2.05) is 0 Å². The molecule has 2 atom stereocenters. The zero-order valence-corrected chi connectivity index (χ0v) is 37.3. The standard InChI is InChI=1S/C66H44N2/c1-5-21-45(22-6-1)61-62(46-23-7-2-8-24-46)64(48-27-11-4-12-28-48)66(50-39-43-52(44-40-50)68-59-35-19-15-31-55(59)56-32-16-20-36-60(56)68)65(63(61)47-25-9-3-10-26-47)49-37-41-51(42-38-49)67-57-33-17-13-29-53(57)54-30-14-18-34-58(54)67/h1-39,41-43,55,59H. The Labute approximate surface area is 397 Å². The van der Waals surface area contributed by atoms with Gasteiger partial charge in [-0.05, 0) is 110 Å². The lowest BCUT2D eigenvalue weighted by Crippen LogP contribution is -2.28. The van der Waals surface area contributed by atoms with Gasteiger partial charge >= 0.3 is 0 Å². The molecule has 2 aliphatic rings. The van der Waals surface area contributed by atoms with E-state index in [1.54, 1.807) is 0 Å². The van der Waals surface area contributed by atoms with Crippen molar-refractivity contribution in [2.24, 2.45) is 0 Å². The molecule has 68 heavy (non-hydrogen) atoms. The average Bonchev–Trinajstić information content (AvgIpc) is 3.94. The molecule has 0 N–H and O–H groups in total. The third-order valence-corrected chi connectivity index (χ3v) is 14.0. The van der Waals surface area contributed by atoms with Gasteiger partial charge in [0.25, 0.3) is 0 Å². The molecule has 0 spiro atoms. The molecule has 2 heterocycles. The maximum atomic E-state index is 3.85. The molecule has 1 aliphatic heterocycles. The molecule has 13 rings (SSSR count). The first-order valence-corrected chi connectivity index (χ1v) is 23.5. The highest BCUT2D eigenvalue weighted by Gasteiger charge is 2.37. The molecule has 318 valence electrons. The van der Waals surface area contributed by atoms with Crippen LogP contribution < -0.4 is 4.90 Å². The molecular weight excluding hydrogens is 821 g/mol. The van der Waals surface area contributed by atoms with Crippen molar-refractivity contribution in [1.82, 2.24) is 4.57 Å². The van der Waals surface area contributed by atoms with E-state index in [9.17, 15) is 0 Å². The van der Waals surface area contributed by atoms with Crippen molar-refractivity contribution >= 4 is 33.2 Å². The number of nitrogens with zero attached hydrogens (tertiary/aromatic N) is 2. The number of hydrogen-bond donors (Lipinski definition) is 0. The van der Waals surface area contributed by atoms with Crippen LogP contribution >= 0.6 is 0 Å². The molecule has 2 unspecified atom stereocenters. The van der Waals surface area contributed by atoms with E-state index in [0.717, 1.165) is 61.4 Å².